The lowest BCUT2D eigenvalue weighted by molar-refractivity contribution is -0.294. The molecule has 0 spiro atoms. The van der Waals surface area contributed by atoms with Crippen LogP contribution < -0.4 is 0 Å². The van der Waals surface area contributed by atoms with Crippen molar-refractivity contribution in [1.29, 1.82) is 0 Å². The zero-order chi connectivity index (χ0) is 81.9. The van der Waals surface area contributed by atoms with Gasteiger partial charge in [-0.05, 0) is 199 Å². The number of hydrogen-bond acceptors (Lipinski definition) is 29. The van der Waals surface area contributed by atoms with Gasteiger partial charge in [0.15, 0.2) is 68.8 Å². The zero-order valence-electron chi connectivity index (χ0n) is 71.1. The summed E-state index contributed by atoms with van der Waals surface area (Å²) in [5.74, 6) is 1.95. The summed E-state index contributed by atoms with van der Waals surface area (Å²) < 4.78 is 101. The third-order valence-electron chi connectivity index (χ3n) is 13.8. The summed E-state index contributed by atoms with van der Waals surface area (Å²) in [7, 11) is -11.8. The van der Waals surface area contributed by atoms with Gasteiger partial charge >= 0.3 is 34.7 Å². The molecule has 103 heavy (non-hydrogen) atoms. The van der Waals surface area contributed by atoms with Crippen LogP contribution >= 0.6 is 0 Å². The van der Waals surface area contributed by atoms with Crippen LogP contribution in [0.25, 0.3) is 0 Å². The first-order chi connectivity index (χ1) is 46.5. The van der Waals surface area contributed by atoms with Crippen LogP contribution in [0.4, 0.5) is 0 Å². The van der Waals surface area contributed by atoms with E-state index in [4.69, 9.17) is 95.6 Å². The summed E-state index contributed by atoms with van der Waals surface area (Å²) in [6, 6.07) is 0. The van der Waals surface area contributed by atoms with Crippen LogP contribution in [0.15, 0.2) is 0 Å². The van der Waals surface area contributed by atoms with Crippen molar-refractivity contribution in [3.63, 3.8) is 0 Å². The van der Waals surface area contributed by atoms with Crippen LogP contribution in [0.5, 0.6) is 0 Å². The lowest BCUT2D eigenvalue weighted by atomic mass is 9.93. The van der Waals surface area contributed by atoms with Gasteiger partial charge in [0.25, 0.3) is 0 Å². The molecule has 0 aliphatic carbocycles. The van der Waals surface area contributed by atoms with Gasteiger partial charge in [0.1, 0.15) is 60.2 Å². The Hall–Kier alpha value is 0.139. The highest BCUT2D eigenvalue weighted by Gasteiger charge is 2.50. The number of aliphatic hydroxyl groups is 8. The fraction of sp³-hybridized carbons (Fsp3) is 0.953. The van der Waals surface area contributed by atoms with Crippen LogP contribution in [0.1, 0.15) is 65.9 Å². The van der Waals surface area contributed by atoms with Gasteiger partial charge in [0.05, 0.1) is 38.1 Å². The molecule has 0 aromatic carbocycles. The number of aryl methyl sites for hydroxylation is 3. The molecule has 0 saturated carbocycles. The van der Waals surface area contributed by atoms with Crippen molar-refractivity contribution < 1.29 is 121 Å². The third kappa shape index (κ3) is 52.2. The van der Waals surface area contributed by atoms with Crippen molar-refractivity contribution in [3.8, 4) is 0 Å². The van der Waals surface area contributed by atoms with Crippen LogP contribution in [0, 0.1) is 32.6 Å². The van der Waals surface area contributed by atoms with Gasteiger partial charge in [0, 0.05) is 86.4 Å². The third-order valence-corrected chi connectivity index (χ3v) is 33.2. The molecule has 8 N–H and O–H groups in total. The predicted octanol–water partition coefficient (Wildman–Crippen LogP) is 9.09. The highest BCUT2D eigenvalue weighted by Crippen LogP contribution is 2.36. The largest absolute Gasteiger partial charge is 0.497 e. The zero-order valence-corrected chi connectivity index (χ0v) is 81.1. The highest BCUT2D eigenvalue weighted by molar-refractivity contribution is 6.87. The molecule has 0 radical (unpaired) electrons. The van der Waals surface area contributed by atoms with E-state index in [0.717, 1.165) is 30.7 Å². The molecular weight excluding hydrogens is 1510 g/mol. The minimum atomic E-state index is -2.25. The Morgan fingerprint density at radius 1 is 0.350 bits per heavy atom. The van der Waals surface area contributed by atoms with Crippen molar-refractivity contribution in [3.05, 3.63) is 17.5 Å². The molecule has 0 bridgehead atoms. The maximum atomic E-state index is 9.32. The first-order valence-corrected chi connectivity index (χ1v) is 66.5. The number of aliphatic hydroxyl groups excluding tert-OH is 8. The summed E-state index contributed by atoms with van der Waals surface area (Å²) in [6.07, 6.45) is -10.7. The maximum Gasteiger partial charge on any atom is 0.497 e. The van der Waals surface area contributed by atoms with Crippen molar-refractivity contribution in [2.24, 2.45) is 11.8 Å². The van der Waals surface area contributed by atoms with Gasteiger partial charge in [-0.1, -0.05) is 13.8 Å². The summed E-state index contributed by atoms with van der Waals surface area (Å²) in [5, 5.41) is 73.0. The van der Waals surface area contributed by atoms with Gasteiger partial charge in [-0.2, -0.15) is 0 Å². The second kappa shape index (κ2) is 51.0. The van der Waals surface area contributed by atoms with Crippen molar-refractivity contribution in [2.75, 3.05) is 81.3 Å². The van der Waals surface area contributed by atoms with Gasteiger partial charge in [-0.15, -0.1) is 0 Å². The fourth-order valence-electron chi connectivity index (χ4n) is 9.79. The fourth-order valence-corrected chi connectivity index (χ4v) is 29.8. The smallest absolute Gasteiger partial charge is 0.437 e. The monoisotopic (exact) mass is 1660 g/mol. The Kier molecular flexibility index (Phi) is 54.2. The second-order valence-electron chi connectivity index (χ2n) is 31.7. The van der Waals surface area contributed by atoms with Crippen LogP contribution in [0.2, 0.25) is 157 Å². The van der Waals surface area contributed by atoms with Crippen molar-refractivity contribution in [1.82, 2.24) is 15.0 Å². The molecule has 39 heteroatoms. The quantitative estimate of drug-likeness (QED) is 0.0346. The SMILES string of the molecule is CC1C(O)OC(CO)C(O)C1O.CC1C(O[Si](C)(C)C)OC(CO[Si](C)(C)C)C(O[Si](C)(C)C)C1O[Si](C)(C)C.CCO[Si](C)(C)OCC.CCO[Si](C)(OCC)OCC.COC1OC(CO)C(O)C(O)C1O.CO[Si](C)(OC)OC.C[Si](C)(C)O[Si](C)(C)O[Si](C)(C)C.Cc1nc(C)nc(C)n1. The Bertz CT molecular complexity index is 2180. The molecule has 0 amide bonds. The normalized spacial score (nSPS) is 25.9. The Morgan fingerprint density at radius 3 is 0.990 bits per heavy atom. The van der Waals surface area contributed by atoms with Gasteiger partial charge in [-0.25, -0.2) is 15.0 Å². The van der Waals surface area contributed by atoms with E-state index in [1.54, 1.807) is 28.3 Å². The van der Waals surface area contributed by atoms with E-state index in [-0.39, 0.29) is 30.5 Å². The number of aromatic nitrogens is 3. The Morgan fingerprint density at radius 2 is 0.689 bits per heavy atom. The van der Waals surface area contributed by atoms with E-state index in [1.165, 1.54) is 7.11 Å². The summed E-state index contributed by atoms with van der Waals surface area (Å²) in [5.41, 5.74) is 0. The second-order valence-corrected chi connectivity index (χ2v) is 71.4. The maximum absolute atomic E-state index is 9.32. The number of nitrogens with zero attached hydrogens (tertiary/aromatic N) is 3. The molecule has 620 valence electrons. The molecule has 1 aromatic rings. The Labute approximate surface area is 634 Å². The van der Waals surface area contributed by atoms with Crippen molar-refractivity contribution in [2.45, 2.75) is 306 Å². The highest BCUT2D eigenvalue weighted by atomic mass is 28.5. The predicted molar refractivity (Wildman–Crippen MR) is 428 cm³/mol. The molecule has 4 heterocycles. The van der Waals surface area contributed by atoms with E-state index in [2.05, 4.69) is 166 Å². The van der Waals surface area contributed by atoms with E-state index >= 15 is 0 Å². The molecule has 3 aliphatic rings. The van der Waals surface area contributed by atoms with E-state index in [9.17, 15) is 25.5 Å². The minimum Gasteiger partial charge on any atom is -0.437 e. The minimum absolute atomic E-state index is 0.0382. The van der Waals surface area contributed by atoms with Crippen molar-refractivity contribution >= 4 is 84.6 Å². The molecule has 15 unspecified atom stereocenters. The standard InChI is InChI=1S/C19H46O5Si4.C8H24O2Si3.C7H14O6.C7H14O5.C7H18O3Si.C6H9N3.C6H16O2Si.C4H12O3Si/c1-15-17(22-26(5,6)7)18(23-27(8,9)10)16(14-20-25(2,3)4)21-19(15)24-28(11,12)13;1-11(2,3)9-13(7,8)10-12(4,5)6;1-12-7-6(11)5(10)4(9)3(2-8)13-7;1-3-5(9)6(10)4(2-8)12-7(3)11;1-5-8-11(4,9-6-2)10-7-3;1-4-7-5(2)9-6(3)8-4;1-5-7-9(3,4)8-6-2;1-5-8(4,6-2)7-3/h15-19H,14H2,1-13H3;1-8H3;3-11H,2H2,1H3;3-11H,2H2,1H3;5-7H2,1-4H3;1-3H3;5-6H2,1-4H3;1-4H3. The molecule has 3 fully saturated rings. The lowest BCUT2D eigenvalue weighted by Gasteiger charge is -2.50. The lowest BCUT2D eigenvalue weighted by Crippen LogP contribution is -2.62. The van der Waals surface area contributed by atoms with E-state index < -0.39 is 159 Å². The number of hydrogen-bond donors (Lipinski definition) is 8. The van der Waals surface area contributed by atoms with Crippen LogP contribution in [0.3, 0.4) is 0 Å². The summed E-state index contributed by atoms with van der Waals surface area (Å²) in [6.45, 7) is 74.4. The molecule has 3 aliphatic heterocycles. The molecule has 15 atom stereocenters. The van der Waals surface area contributed by atoms with Crippen LogP contribution in [-0.2, 0) is 80.3 Å². The van der Waals surface area contributed by atoms with Gasteiger partial charge < -0.3 is 121 Å². The average molecular weight is 1660 g/mol. The Balaban J connectivity index is -0.000000567. The van der Waals surface area contributed by atoms with Crippen LogP contribution in [-0.4, -0.2) is 302 Å². The first kappa shape index (κ1) is 109. The molecule has 1 aromatic heterocycles. The molecule has 3 saturated heterocycles. The van der Waals surface area contributed by atoms with Gasteiger partial charge in [-0.3, -0.25) is 0 Å². The number of rotatable bonds is 29. The molecular formula is C64H153N3O26Si10. The number of ether oxygens (including phenoxy) is 4. The average Bonchev–Trinajstić information content (AvgIpc) is 0.781. The van der Waals surface area contributed by atoms with E-state index in [0.29, 0.717) is 26.4 Å². The summed E-state index contributed by atoms with van der Waals surface area (Å²) >= 11 is 0. The topological polar surface area (TPSA) is 367 Å². The first-order valence-electron chi connectivity index (χ1n) is 35.9. The summed E-state index contributed by atoms with van der Waals surface area (Å²) in [4.78, 5) is 12.0. The van der Waals surface area contributed by atoms with Gasteiger partial charge in [0.2, 0.25) is 0 Å². The number of methoxy groups -OCH3 is 1. The van der Waals surface area contributed by atoms with E-state index in [1.807, 2.05) is 68.5 Å². The molecule has 29 nitrogen and oxygen atoms in total. The molecule has 4 rings (SSSR count).